The lowest BCUT2D eigenvalue weighted by Gasteiger charge is -2.20. The number of para-hydroxylation sites is 1. The van der Waals surface area contributed by atoms with E-state index in [1.165, 1.54) is 32.1 Å². The van der Waals surface area contributed by atoms with Gasteiger partial charge in [-0.3, -0.25) is 4.79 Å². The van der Waals surface area contributed by atoms with Crippen LogP contribution in [-0.4, -0.2) is 23.7 Å². The van der Waals surface area contributed by atoms with Crippen molar-refractivity contribution in [1.29, 1.82) is 0 Å². The maximum absolute atomic E-state index is 12.9. The lowest BCUT2D eigenvalue weighted by Crippen LogP contribution is -2.21. The molecule has 0 aliphatic heterocycles. The van der Waals surface area contributed by atoms with Gasteiger partial charge in [0.25, 0.3) is 5.91 Å². The van der Waals surface area contributed by atoms with E-state index in [0.717, 1.165) is 21.7 Å². The molecule has 34 heavy (non-hydrogen) atoms. The fourth-order valence-electron chi connectivity index (χ4n) is 4.50. The Labute approximate surface area is 202 Å². The molecule has 0 saturated heterocycles. The summed E-state index contributed by atoms with van der Waals surface area (Å²) in [4.78, 5) is 25.4. The number of furan rings is 1. The van der Waals surface area contributed by atoms with Crippen molar-refractivity contribution >= 4 is 51.1 Å². The minimum atomic E-state index is -0.607. The van der Waals surface area contributed by atoms with Crippen LogP contribution in [0.15, 0.2) is 71.1 Å². The summed E-state index contributed by atoms with van der Waals surface area (Å²) < 4.78 is 11.2. The second kappa shape index (κ2) is 10.3. The Bertz CT molecular complexity index is 1320. The van der Waals surface area contributed by atoms with Crippen molar-refractivity contribution in [3.8, 4) is 0 Å². The van der Waals surface area contributed by atoms with Crippen LogP contribution in [0.1, 0.15) is 48.2 Å². The monoisotopic (exact) mass is 473 g/mol. The predicted octanol–water partition coefficient (Wildman–Crippen LogP) is 6.95. The van der Waals surface area contributed by atoms with Crippen molar-refractivity contribution in [2.75, 3.05) is 11.9 Å². The molecule has 5 nitrogen and oxygen atoms in total. The minimum Gasteiger partial charge on any atom is -0.450 e. The Morgan fingerprint density at radius 1 is 0.941 bits per heavy atom. The SMILES string of the molecule is O=C(COC(=O)c1oc2ccccc2c1CSC1CCCCC1)Nc1ccc2ccccc2c1. The number of ether oxygens (including phenoxy) is 1. The molecule has 1 aromatic heterocycles. The first-order valence-electron chi connectivity index (χ1n) is 11.8. The van der Waals surface area contributed by atoms with Crippen LogP contribution in [0.2, 0.25) is 0 Å². The first-order chi connectivity index (χ1) is 16.7. The highest BCUT2D eigenvalue weighted by atomic mass is 32.2. The number of carbonyl (C=O) groups is 2. The van der Waals surface area contributed by atoms with Crippen LogP contribution in [0.25, 0.3) is 21.7 Å². The van der Waals surface area contributed by atoms with Gasteiger partial charge in [-0.1, -0.05) is 67.8 Å². The van der Waals surface area contributed by atoms with E-state index in [1.807, 2.05) is 78.5 Å². The van der Waals surface area contributed by atoms with E-state index in [4.69, 9.17) is 9.15 Å². The lowest BCUT2D eigenvalue weighted by molar-refractivity contribution is -0.119. The number of nitrogens with one attached hydrogen (secondary N) is 1. The molecular weight excluding hydrogens is 446 g/mol. The van der Waals surface area contributed by atoms with Gasteiger partial charge in [-0.2, -0.15) is 11.8 Å². The fraction of sp³-hybridized carbons (Fsp3) is 0.286. The molecule has 0 atom stereocenters. The number of benzene rings is 3. The van der Waals surface area contributed by atoms with E-state index in [0.29, 0.717) is 22.3 Å². The van der Waals surface area contributed by atoms with Gasteiger partial charge in [0.05, 0.1) is 0 Å². The summed E-state index contributed by atoms with van der Waals surface area (Å²) in [5.41, 5.74) is 2.17. The first kappa shape index (κ1) is 22.5. The maximum atomic E-state index is 12.9. The fourth-order valence-corrected chi connectivity index (χ4v) is 5.86. The van der Waals surface area contributed by atoms with Gasteiger partial charge < -0.3 is 14.5 Å². The van der Waals surface area contributed by atoms with Gasteiger partial charge >= 0.3 is 5.97 Å². The highest BCUT2D eigenvalue weighted by Crippen LogP contribution is 2.35. The molecule has 1 saturated carbocycles. The molecule has 174 valence electrons. The Morgan fingerprint density at radius 2 is 1.71 bits per heavy atom. The third-order valence-corrected chi connectivity index (χ3v) is 7.66. The van der Waals surface area contributed by atoms with Crippen molar-refractivity contribution < 1.29 is 18.7 Å². The van der Waals surface area contributed by atoms with Crippen LogP contribution in [0.3, 0.4) is 0 Å². The van der Waals surface area contributed by atoms with Gasteiger partial charge in [0, 0.05) is 27.6 Å². The van der Waals surface area contributed by atoms with Crippen molar-refractivity contribution in [2.24, 2.45) is 0 Å². The summed E-state index contributed by atoms with van der Waals surface area (Å²) in [6, 6.07) is 21.3. The average molecular weight is 474 g/mol. The van der Waals surface area contributed by atoms with Crippen molar-refractivity contribution in [3.63, 3.8) is 0 Å². The van der Waals surface area contributed by atoms with Gasteiger partial charge in [-0.05, 0) is 41.8 Å². The van der Waals surface area contributed by atoms with Crippen LogP contribution in [-0.2, 0) is 15.3 Å². The lowest BCUT2D eigenvalue weighted by atomic mass is 10.0. The molecule has 1 aliphatic carbocycles. The molecule has 0 radical (unpaired) electrons. The second-order valence-corrected chi connectivity index (χ2v) is 9.95. The van der Waals surface area contributed by atoms with Crippen LogP contribution in [0.4, 0.5) is 5.69 Å². The zero-order chi connectivity index (χ0) is 23.3. The van der Waals surface area contributed by atoms with Crippen LogP contribution in [0, 0.1) is 0 Å². The zero-order valence-corrected chi connectivity index (χ0v) is 19.7. The number of thioether (sulfide) groups is 1. The van der Waals surface area contributed by atoms with Crippen molar-refractivity contribution in [3.05, 3.63) is 78.1 Å². The van der Waals surface area contributed by atoms with Gasteiger partial charge in [0.1, 0.15) is 5.58 Å². The highest BCUT2D eigenvalue weighted by Gasteiger charge is 2.24. The molecule has 1 aliphatic rings. The highest BCUT2D eigenvalue weighted by molar-refractivity contribution is 7.99. The van der Waals surface area contributed by atoms with Crippen molar-refractivity contribution in [1.82, 2.24) is 0 Å². The molecule has 6 heteroatoms. The largest absolute Gasteiger partial charge is 0.450 e. The number of hydrogen-bond acceptors (Lipinski definition) is 5. The van der Waals surface area contributed by atoms with E-state index >= 15 is 0 Å². The van der Waals surface area contributed by atoms with Crippen LogP contribution in [0.5, 0.6) is 0 Å². The molecule has 0 unspecified atom stereocenters. The molecule has 4 aromatic rings. The molecule has 1 N–H and O–H groups in total. The average Bonchev–Trinajstić information content (AvgIpc) is 3.25. The summed E-state index contributed by atoms with van der Waals surface area (Å²) in [7, 11) is 0. The number of carbonyl (C=O) groups excluding carboxylic acids is 2. The third-order valence-electron chi connectivity index (χ3n) is 6.27. The maximum Gasteiger partial charge on any atom is 0.375 e. The number of amides is 1. The number of esters is 1. The molecule has 3 aromatic carbocycles. The Kier molecular flexibility index (Phi) is 6.86. The van der Waals surface area contributed by atoms with E-state index in [9.17, 15) is 9.59 Å². The van der Waals surface area contributed by atoms with E-state index in [2.05, 4.69) is 5.32 Å². The molecule has 1 fully saturated rings. The molecule has 0 spiro atoms. The molecule has 0 bridgehead atoms. The minimum absolute atomic E-state index is 0.197. The summed E-state index contributed by atoms with van der Waals surface area (Å²) in [6.45, 7) is -0.377. The molecule has 1 amide bonds. The zero-order valence-electron chi connectivity index (χ0n) is 18.9. The molecule has 5 rings (SSSR count). The molecular formula is C28H27NO4S. The predicted molar refractivity (Wildman–Crippen MR) is 137 cm³/mol. The van der Waals surface area contributed by atoms with Gasteiger partial charge in [0.2, 0.25) is 5.76 Å². The van der Waals surface area contributed by atoms with Gasteiger partial charge in [-0.25, -0.2) is 4.79 Å². The number of anilines is 1. The van der Waals surface area contributed by atoms with E-state index < -0.39 is 11.9 Å². The number of hydrogen-bond donors (Lipinski definition) is 1. The topological polar surface area (TPSA) is 68.5 Å². The van der Waals surface area contributed by atoms with E-state index in [-0.39, 0.29) is 12.4 Å². The quantitative estimate of drug-likeness (QED) is 0.294. The number of rotatable bonds is 7. The standard InChI is InChI=1S/C28H27NO4S/c30-26(29-21-15-14-19-8-4-5-9-20(19)16-21)17-32-28(31)27-24(18-34-22-10-2-1-3-11-22)23-12-6-7-13-25(23)33-27/h4-9,12-16,22H,1-3,10-11,17-18H2,(H,29,30). The third kappa shape index (κ3) is 5.12. The van der Waals surface area contributed by atoms with Crippen LogP contribution >= 0.6 is 11.8 Å². The Hall–Kier alpha value is -3.25. The summed E-state index contributed by atoms with van der Waals surface area (Å²) in [5, 5.41) is 6.46. The van der Waals surface area contributed by atoms with Crippen molar-refractivity contribution in [2.45, 2.75) is 43.1 Å². The second-order valence-electron chi connectivity index (χ2n) is 8.66. The van der Waals surface area contributed by atoms with Gasteiger partial charge in [0.15, 0.2) is 6.61 Å². The normalized spacial score (nSPS) is 14.4. The molecule has 1 heterocycles. The Balaban J connectivity index is 1.25. The smallest absolute Gasteiger partial charge is 0.375 e. The summed E-state index contributed by atoms with van der Waals surface area (Å²) >= 11 is 1.88. The van der Waals surface area contributed by atoms with E-state index in [1.54, 1.807) is 0 Å². The number of fused-ring (bicyclic) bond motifs is 2. The van der Waals surface area contributed by atoms with Gasteiger partial charge in [-0.15, -0.1) is 0 Å². The summed E-state index contributed by atoms with van der Waals surface area (Å²) in [5.74, 6) is -0.111. The first-order valence-corrected chi connectivity index (χ1v) is 12.8. The summed E-state index contributed by atoms with van der Waals surface area (Å²) in [6.07, 6.45) is 6.28. The Morgan fingerprint density at radius 3 is 2.56 bits per heavy atom. The van der Waals surface area contributed by atoms with Crippen LogP contribution < -0.4 is 5.32 Å².